The first kappa shape index (κ1) is 18.3. The average Bonchev–Trinajstić information content (AvgIpc) is 3.44. The molecule has 0 spiro atoms. The third kappa shape index (κ3) is 2.84. The van der Waals surface area contributed by atoms with Crippen molar-refractivity contribution < 1.29 is 8.78 Å². The van der Waals surface area contributed by atoms with Gasteiger partial charge in [-0.3, -0.25) is 15.1 Å². The van der Waals surface area contributed by atoms with Gasteiger partial charge in [0.15, 0.2) is 11.6 Å². The molecular weight excluding hydrogens is 410 g/mol. The normalized spacial score (nSPS) is 11.4. The van der Waals surface area contributed by atoms with E-state index in [1.54, 1.807) is 48.9 Å². The molecule has 0 aliphatic heterocycles. The van der Waals surface area contributed by atoms with Crippen molar-refractivity contribution in [2.24, 2.45) is 0 Å². The van der Waals surface area contributed by atoms with Crippen LogP contribution in [0.2, 0.25) is 0 Å². The van der Waals surface area contributed by atoms with Crippen LogP contribution < -0.4 is 0 Å². The van der Waals surface area contributed by atoms with E-state index in [0.717, 1.165) is 5.56 Å². The van der Waals surface area contributed by atoms with Gasteiger partial charge in [-0.05, 0) is 42.0 Å². The van der Waals surface area contributed by atoms with Crippen molar-refractivity contribution in [2.75, 3.05) is 0 Å². The van der Waals surface area contributed by atoms with E-state index in [1.165, 1.54) is 12.1 Å². The molecule has 0 aliphatic rings. The van der Waals surface area contributed by atoms with E-state index in [9.17, 15) is 8.78 Å². The Labute approximate surface area is 180 Å². The zero-order chi connectivity index (χ0) is 21.7. The van der Waals surface area contributed by atoms with Crippen LogP contribution in [0.25, 0.3) is 55.8 Å². The Kier molecular flexibility index (Phi) is 4.04. The molecule has 0 bridgehead atoms. The van der Waals surface area contributed by atoms with E-state index in [2.05, 4.69) is 30.1 Å². The van der Waals surface area contributed by atoms with E-state index in [4.69, 9.17) is 0 Å². The number of imidazole rings is 1. The summed E-state index contributed by atoms with van der Waals surface area (Å²) >= 11 is 0. The minimum atomic E-state index is -0.450. The predicted molar refractivity (Wildman–Crippen MR) is 118 cm³/mol. The first-order valence-electron chi connectivity index (χ1n) is 9.87. The smallest absolute Gasteiger partial charge is 0.157 e. The van der Waals surface area contributed by atoms with E-state index in [-0.39, 0.29) is 11.3 Å². The summed E-state index contributed by atoms with van der Waals surface area (Å²) in [5.74, 6) is -0.378. The van der Waals surface area contributed by atoms with Crippen LogP contribution in [0.15, 0.2) is 73.2 Å². The lowest BCUT2D eigenvalue weighted by molar-refractivity contribution is 0.631. The molecule has 6 rings (SSSR count). The Morgan fingerprint density at radius 2 is 1.72 bits per heavy atom. The topological polar surface area (TPSA) is 83.1 Å². The summed E-state index contributed by atoms with van der Waals surface area (Å²) in [5, 5.41) is 7.60. The summed E-state index contributed by atoms with van der Waals surface area (Å²) in [4.78, 5) is 16.3. The molecule has 2 N–H and O–H groups in total. The molecule has 0 unspecified atom stereocenters. The van der Waals surface area contributed by atoms with E-state index >= 15 is 0 Å². The lowest BCUT2D eigenvalue weighted by Crippen LogP contribution is -1.89. The van der Waals surface area contributed by atoms with Gasteiger partial charge in [0, 0.05) is 35.1 Å². The molecule has 0 radical (unpaired) electrons. The lowest BCUT2D eigenvalue weighted by Gasteiger charge is -2.03. The Morgan fingerprint density at radius 3 is 2.56 bits per heavy atom. The molecule has 0 saturated heterocycles. The number of nitrogens with zero attached hydrogens (tertiary/aromatic N) is 4. The standard InChI is InChI=1S/C24H14F2N6/c25-17-6-2-1-5-15(17)21-23-19(7-9-28-21)29-24(30-23)22-16-10-14(13-4-3-8-27-12-13)11-18(26)20(16)31-32-22/h1-12H,(H,29,30)(H,31,32). The molecule has 154 valence electrons. The number of halogens is 2. The maximum atomic E-state index is 14.8. The monoisotopic (exact) mass is 424 g/mol. The molecule has 0 amide bonds. The highest BCUT2D eigenvalue weighted by atomic mass is 19.1. The first-order valence-corrected chi connectivity index (χ1v) is 9.87. The highest BCUT2D eigenvalue weighted by Crippen LogP contribution is 2.33. The van der Waals surface area contributed by atoms with Gasteiger partial charge in [0.1, 0.15) is 28.2 Å². The minimum Gasteiger partial charge on any atom is -0.337 e. The van der Waals surface area contributed by atoms with Gasteiger partial charge in [-0.1, -0.05) is 18.2 Å². The van der Waals surface area contributed by atoms with Gasteiger partial charge in [0.2, 0.25) is 0 Å². The van der Waals surface area contributed by atoms with Gasteiger partial charge in [-0.25, -0.2) is 13.8 Å². The highest BCUT2D eigenvalue weighted by molar-refractivity contribution is 5.97. The second kappa shape index (κ2) is 7.05. The molecule has 4 aromatic heterocycles. The summed E-state index contributed by atoms with van der Waals surface area (Å²) in [6.07, 6.45) is 4.93. The van der Waals surface area contributed by atoms with Crippen LogP contribution in [0.3, 0.4) is 0 Å². The number of benzene rings is 2. The van der Waals surface area contributed by atoms with Crippen molar-refractivity contribution >= 4 is 21.9 Å². The SMILES string of the molecule is Fc1ccccc1-c1nccc2[nH]c(-c3[nH]nc4c(F)cc(-c5cccnc5)cc34)nc12. The highest BCUT2D eigenvalue weighted by Gasteiger charge is 2.19. The third-order valence-electron chi connectivity index (χ3n) is 5.37. The zero-order valence-corrected chi connectivity index (χ0v) is 16.5. The first-order chi connectivity index (χ1) is 15.7. The fourth-order valence-corrected chi connectivity index (χ4v) is 3.86. The molecule has 6 aromatic rings. The third-order valence-corrected chi connectivity index (χ3v) is 5.37. The Morgan fingerprint density at radius 1 is 0.812 bits per heavy atom. The number of rotatable bonds is 3. The van der Waals surface area contributed by atoms with Crippen molar-refractivity contribution in [3.05, 3.63) is 84.8 Å². The number of fused-ring (bicyclic) bond motifs is 2. The molecule has 0 saturated carbocycles. The number of H-pyrrole nitrogens is 2. The molecule has 0 atom stereocenters. The summed E-state index contributed by atoms with van der Waals surface area (Å²) in [6, 6.07) is 15.1. The quantitative estimate of drug-likeness (QED) is 0.393. The maximum absolute atomic E-state index is 14.8. The largest absolute Gasteiger partial charge is 0.337 e. The van der Waals surface area contributed by atoms with Crippen molar-refractivity contribution in [1.82, 2.24) is 30.1 Å². The van der Waals surface area contributed by atoms with Gasteiger partial charge in [-0.15, -0.1) is 0 Å². The fraction of sp³-hybridized carbons (Fsp3) is 0. The molecule has 6 nitrogen and oxygen atoms in total. The van der Waals surface area contributed by atoms with Crippen molar-refractivity contribution in [1.29, 1.82) is 0 Å². The van der Waals surface area contributed by atoms with Crippen LogP contribution in [0, 0.1) is 11.6 Å². The average molecular weight is 424 g/mol. The molecule has 0 aliphatic carbocycles. The Hall–Kier alpha value is -4.46. The Bertz CT molecular complexity index is 1600. The number of aromatic nitrogens is 6. The number of nitrogens with one attached hydrogen (secondary N) is 2. The predicted octanol–water partition coefficient (Wildman–Crippen LogP) is 5.51. The van der Waals surface area contributed by atoms with Crippen molar-refractivity contribution in [3.8, 4) is 33.9 Å². The van der Waals surface area contributed by atoms with Crippen molar-refractivity contribution in [3.63, 3.8) is 0 Å². The van der Waals surface area contributed by atoms with Crippen LogP contribution in [-0.4, -0.2) is 30.1 Å². The summed E-state index contributed by atoms with van der Waals surface area (Å²) in [5.41, 5.74) is 4.18. The number of aromatic amines is 2. The molecule has 4 heterocycles. The maximum Gasteiger partial charge on any atom is 0.157 e. The van der Waals surface area contributed by atoms with E-state index in [0.29, 0.717) is 44.8 Å². The second-order valence-electron chi connectivity index (χ2n) is 7.32. The van der Waals surface area contributed by atoms with Crippen molar-refractivity contribution in [2.45, 2.75) is 0 Å². The second-order valence-corrected chi connectivity index (χ2v) is 7.32. The van der Waals surface area contributed by atoms with Gasteiger partial charge in [-0.2, -0.15) is 5.10 Å². The van der Waals surface area contributed by atoms with Gasteiger partial charge >= 0.3 is 0 Å². The van der Waals surface area contributed by atoms with Crippen LogP contribution in [0.1, 0.15) is 0 Å². The Balaban J connectivity index is 1.55. The van der Waals surface area contributed by atoms with Crippen LogP contribution >= 0.6 is 0 Å². The zero-order valence-electron chi connectivity index (χ0n) is 16.5. The summed E-state index contributed by atoms with van der Waals surface area (Å²) in [7, 11) is 0. The molecule has 2 aromatic carbocycles. The van der Waals surface area contributed by atoms with Crippen LogP contribution in [0.5, 0.6) is 0 Å². The minimum absolute atomic E-state index is 0.209. The van der Waals surface area contributed by atoms with E-state index < -0.39 is 5.82 Å². The number of hydrogen-bond donors (Lipinski definition) is 2. The molecular formula is C24H14F2N6. The van der Waals surface area contributed by atoms with Crippen LogP contribution in [0.4, 0.5) is 8.78 Å². The molecule has 0 fully saturated rings. The number of pyridine rings is 2. The summed E-state index contributed by atoms with van der Waals surface area (Å²) in [6.45, 7) is 0. The number of hydrogen-bond acceptors (Lipinski definition) is 4. The van der Waals surface area contributed by atoms with E-state index in [1.807, 2.05) is 12.1 Å². The van der Waals surface area contributed by atoms with Gasteiger partial charge in [0.25, 0.3) is 0 Å². The van der Waals surface area contributed by atoms with Gasteiger partial charge < -0.3 is 4.98 Å². The van der Waals surface area contributed by atoms with Crippen LogP contribution in [-0.2, 0) is 0 Å². The summed E-state index contributed by atoms with van der Waals surface area (Å²) < 4.78 is 29.2. The lowest BCUT2D eigenvalue weighted by atomic mass is 10.0. The fourth-order valence-electron chi connectivity index (χ4n) is 3.86. The van der Waals surface area contributed by atoms with Gasteiger partial charge in [0.05, 0.1) is 5.52 Å². The molecule has 8 heteroatoms. The molecule has 32 heavy (non-hydrogen) atoms.